The van der Waals surface area contributed by atoms with Gasteiger partial charge in [-0.3, -0.25) is 4.74 Å². The van der Waals surface area contributed by atoms with Gasteiger partial charge < -0.3 is 23.7 Å². The Labute approximate surface area is 188 Å². The summed E-state index contributed by atoms with van der Waals surface area (Å²) in [4.78, 5) is 21.4. The Morgan fingerprint density at radius 1 is 1.16 bits per heavy atom. The molecule has 2 heterocycles. The fraction of sp³-hybridized carbons (Fsp3) is 0.429. The monoisotopic (exact) mass is 470 g/mol. The van der Waals surface area contributed by atoms with Crippen molar-refractivity contribution in [3.05, 3.63) is 59.0 Å². The van der Waals surface area contributed by atoms with Gasteiger partial charge in [-0.1, -0.05) is 36.4 Å². The van der Waals surface area contributed by atoms with E-state index in [4.69, 9.17) is 51.6 Å². The third kappa shape index (κ3) is 5.57. The smallest absolute Gasteiger partial charge is 0.314 e. The van der Waals surface area contributed by atoms with Crippen molar-refractivity contribution < 1.29 is 38.0 Å². The quantitative estimate of drug-likeness (QED) is 0.211. The van der Waals surface area contributed by atoms with Crippen molar-refractivity contribution in [1.82, 2.24) is 0 Å². The number of unbranched alkanes of at least 4 members (excludes halogenated alkanes) is 1. The van der Waals surface area contributed by atoms with Crippen LogP contribution < -0.4 is 0 Å². The van der Waals surface area contributed by atoms with Crippen LogP contribution in [0.25, 0.3) is 0 Å². The molecule has 2 saturated heterocycles. The summed E-state index contributed by atoms with van der Waals surface area (Å²) in [6.07, 6.45) is -0.292. The van der Waals surface area contributed by atoms with Crippen LogP contribution in [0.4, 0.5) is 0 Å². The summed E-state index contributed by atoms with van der Waals surface area (Å²) in [7, 11) is 0. The van der Waals surface area contributed by atoms with Gasteiger partial charge >= 0.3 is 5.97 Å². The lowest BCUT2D eigenvalue weighted by molar-refractivity contribution is -0.376. The second kappa shape index (κ2) is 11.0. The summed E-state index contributed by atoms with van der Waals surface area (Å²) in [5, 5.41) is -1.01. The number of carbonyl (C=O) groups excluding carboxylic acids is 2. The van der Waals surface area contributed by atoms with Crippen molar-refractivity contribution in [2.45, 2.75) is 43.4 Å². The van der Waals surface area contributed by atoms with Gasteiger partial charge in [-0.15, -0.1) is 6.58 Å². The summed E-state index contributed by atoms with van der Waals surface area (Å²) in [6.45, 7) is 3.83. The van der Waals surface area contributed by atoms with Crippen LogP contribution in [0.3, 0.4) is 0 Å². The molecular weight excluding hydrogens is 451 g/mol. The molecule has 0 radical (unpaired) electrons. The highest BCUT2D eigenvalue weighted by molar-refractivity contribution is 6.32. The number of benzene rings is 1. The number of fused-ring (bicyclic) bond motifs is 1. The third-order valence-electron chi connectivity index (χ3n) is 4.58. The van der Waals surface area contributed by atoms with E-state index in [9.17, 15) is 9.59 Å². The lowest BCUT2D eigenvalue weighted by Crippen LogP contribution is -2.40. The van der Waals surface area contributed by atoms with Gasteiger partial charge in [0.1, 0.15) is 12.7 Å². The van der Waals surface area contributed by atoms with Crippen LogP contribution in [0, 0.1) is 0 Å². The molecule has 166 valence electrons. The first-order valence-electron chi connectivity index (χ1n) is 9.45. The van der Waals surface area contributed by atoms with E-state index in [1.165, 1.54) is 11.9 Å². The average molecular weight is 471 g/mol. The molecule has 0 amide bonds. The van der Waals surface area contributed by atoms with E-state index in [1.54, 1.807) is 18.2 Å². The molecule has 5 atom stereocenters. The number of halogens is 2. The van der Waals surface area contributed by atoms with Crippen LogP contribution in [0.1, 0.15) is 18.4 Å². The highest BCUT2D eigenvalue weighted by atomic mass is 35.5. The van der Waals surface area contributed by atoms with Gasteiger partial charge in [0, 0.05) is 5.56 Å². The van der Waals surface area contributed by atoms with Gasteiger partial charge in [-0.2, -0.15) is 0 Å². The molecular formula is C21H20Cl2O8. The number of hydrogen-bond donors (Lipinski definition) is 0. The molecule has 0 bridgehead atoms. The summed E-state index contributed by atoms with van der Waals surface area (Å²) in [6, 6.07) is 9.06. The van der Waals surface area contributed by atoms with Gasteiger partial charge in [0.05, 0.1) is 6.61 Å². The maximum Gasteiger partial charge on any atom is 0.314 e. The van der Waals surface area contributed by atoms with E-state index in [2.05, 4.69) is 6.58 Å². The van der Waals surface area contributed by atoms with Gasteiger partial charge in [-0.25, -0.2) is 9.59 Å². The lowest BCUT2D eigenvalue weighted by Gasteiger charge is -2.31. The Morgan fingerprint density at radius 3 is 2.58 bits per heavy atom. The van der Waals surface area contributed by atoms with Gasteiger partial charge in [-0.05, 0) is 36.0 Å². The predicted molar refractivity (Wildman–Crippen MR) is 109 cm³/mol. The van der Waals surface area contributed by atoms with Crippen LogP contribution >= 0.6 is 23.2 Å². The minimum Gasteiger partial charge on any atom is -0.472 e. The molecule has 3 rings (SSSR count). The highest BCUT2D eigenvalue weighted by Gasteiger charge is 2.61. The molecule has 8 nitrogen and oxygen atoms in total. The van der Waals surface area contributed by atoms with Crippen LogP contribution in [0.5, 0.6) is 0 Å². The summed E-state index contributed by atoms with van der Waals surface area (Å²) in [5.74, 6) is 1.30. The van der Waals surface area contributed by atoms with Crippen LogP contribution in [-0.2, 0) is 44.0 Å². The van der Waals surface area contributed by atoms with Gasteiger partial charge in [0.2, 0.25) is 0 Å². The zero-order valence-corrected chi connectivity index (χ0v) is 17.8. The Balaban J connectivity index is 1.82. The minimum atomic E-state index is -1.55. The zero-order chi connectivity index (χ0) is 22.3. The molecule has 2 aliphatic rings. The van der Waals surface area contributed by atoms with Crippen molar-refractivity contribution in [3.63, 3.8) is 0 Å². The van der Waals surface area contributed by atoms with E-state index < -0.39 is 41.0 Å². The number of rotatable bonds is 11. The summed E-state index contributed by atoms with van der Waals surface area (Å²) in [5.41, 5.74) is 0.613. The predicted octanol–water partition coefficient (Wildman–Crippen LogP) is 3.15. The third-order valence-corrected chi connectivity index (χ3v) is 4.93. The molecule has 0 aliphatic carbocycles. The Kier molecular flexibility index (Phi) is 8.32. The molecule has 0 saturated carbocycles. The van der Waals surface area contributed by atoms with Gasteiger partial charge in [0.15, 0.2) is 30.4 Å². The Hall–Kier alpha value is -2.12. The largest absolute Gasteiger partial charge is 0.472 e. The highest BCUT2D eigenvalue weighted by Crippen LogP contribution is 2.45. The minimum absolute atomic E-state index is 0.194. The van der Waals surface area contributed by atoms with Crippen LogP contribution in [0.15, 0.2) is 53.4 Å². The first-order valence-corrected chi connectivity index (χ1v) is 10.2. The molecule has 0 aromatic heterocycles. The molecule has 1 aromatic rings. The lowest BCUT2D eigenvalue weighted by atomic mass is 10.1. The molecule has 10 heteroatoms. The molecule has 31 heavy (non-hydrogen) atoms. The van der Waals surface area contributed by atoms with Crippen molar-refractivity contribution >= 4 is 35.1 Å². The fourth-order valence-corrected chi connectivity index (χ4v) is 3.41. The normalized spacial score (nSPS) is 28.8. The first kappa shape index (κ1) is 23.5. The summed E-state index contributed by atoms with van der Waals surface area (Å²) < 4.78 is 34.6. The Morgan fingerprint density at radius 2 is 1.90 bits per heavy atom. The second-order valence-electron chi connectivity index (χ2n) is 6.59. The van der Waals surface area contributed by atoms with Crippen molar-refractivity contribution in [3.8, 4) is 0 Å². The van der Waals surface area contributed by atoms with E-state index in [0.717, 1.165) is 6.42 Å². The van der Waals surface area contributed by atoms with E-state index in [-0.39, 0.29) is 6.61 Å². The number of allylic oxidation sites excluding steroid dienone is 1. The van der Waals surface area contributed by atoms with Crippen molar-refractivity contribution in [2.24, 2.45) is 0 Å². The fourth-order valence-electron chi connectivity index (χ4n) is 3.24. The molecule has 5 unspecified atom stereocenters. The van der Waals surface area contributed by atoms with E-state index in [1.807, 2.05) is 18.2 Å². The van der Waals surface area contributed by atoms with Crippen molar-refractivity contribution in [1.29, 1.82) is 0 Å². The second-order valence-corrected chi connectivity index (χ2v) is 7.28. The topological polar surface area (TPSA) is 89.5 Å². The maximum atomic E-state index is 10.9. The number of ether oxygens (including phenoxy) is 6. The molecule has 2 aliphatic heterocycles. The summed E-state index contributed by atoms with van der Waals surface area (Å²) >= 11 is 11.3. The van der Waals surface area contributed by atoms with Gasteiger partial charge in [0.25, 0.3) is 10.4 Å². The molecule has 0 N–H and O–H groups in total. The van der Waals surface area contributed by atoms with E-state index >= 15 is 0 Å². The zero-order valence-electron chi connectivity index (χ0n) is 16.3. The first-order chi connectivity index (χ1) is 15.0. The molecule has 1 aromatic carbocycles. The van der Waals surface area contributed by atoms with Crippen LogP contribution in [0.2, 0.25) is 0 Å². The maximum absolute atomic E-state index is 10.9. The molecule has 2 fully saturated rings. The Bertz CT molecular complexity index is 865. The molecule has 0 spiro atoms. The average Bonchev–Trinajstić information content (AvgIpc) is 3.31. The number of hydrogen-bond acceptors (Lipinski definition) is 8. The SMILES string of the molecule is C=CCCCOC1(c2ccccc2)OC2OC(COC(Cl)=C=O)C(OC(Cl)=C=O)C2O1. The standard InChI is InChI=1S/C21H20Cl2O8/c1-2-3-7-10-27-21(14-8-5-4-6-9-14)30-19-18(29-17(23)12-25)15(28-20(19)31-21)13-26-16(22)11-24/h2,4-6,8-9,15,18-20H,1,3,7,10,13H2. The van der Waals surface area contributed by atoms with Crippen molar-refractivity contribution in [2.75, 3.05) is 13.2 Å². The van der Waals surface area contributed by atoms with Crippen LogP contribution in [-0.4, -0.2) is 49.7 Å². The van der Waals surface area contributed by atoms with E-state index in [0.29, 0.717) is 18.6 Å².